The van der Waals surface area contributed by atoms with Crippen molar-refractivity contribution in [2.24, 2.45) is 5.10 Å². The number of pyridine rings is 1. The highest BCUT2D eigenvalue weighted by Gasteiger charge is 2.06. The second-order valence-corrected chi connectivity index (χ2v) is 7.51. The quantitative estimate of drug-likeness (QED) is 0.248. The van der Waals surface area contributed by atoms with E-state index in [2.05, 4.69) is 32.5 Å². The maximum atomic E-state index is 5.89. The van der Waals surface area contributed by atoms with Gasteiger partial charge in [-0.05, 0) is 49.7 Å². The third kappa shape index (κ3) is 5.77. The molecule has 0 aliphatic carbocycles. The van der Waals surface area contributed by atoms with E-state index in [1.807, 2.05) is 50.2 Å². The van der Waals surface area contributed by atoms with E-state index in [0.29, 0.717) is 18.4 Å². The molecule has 7 heteroatoms. The monoisotopic (exact) mass is 444 g/mol. The topological polar surface area (TPSA) is 49.8 Å². The summed E-state index contributed by atoms with van der Waals surface area (Å²) in [6.45, 7) is 6.09. The Bertz CT molecular complexity index is 986. The Labute approximate surface area is 187 Å². The van der Waals surface area contributed by atoms with Crippen molar-refractivity contribution in [3.63, 3.8) is 0 Å². The van der Waals surface area contributed by atoms with E-state index in [1.54, 1.807) is 6.21 Å². The summed E-state index contributed by atoms with van der Waals surface area (Å²) in [4.78, 5) is 6.77. The Morgan fingerprint density at radius 1 is 1.07 bits per heavy atom. The van der Waals surface area contributed by atoms with Gasteiger partial charge in [-0.3, -0.25) is 10.4 Å². The molecule has 0 bridgehead atoms. The number of aryl methyl sites for hydroxylation is 1. The molecule has 30 heavy (non-hydrogen) atoms. The minimum absolute atomic E-state index is 0.565. The van der Waals surface area contributed by atoms with Crippen LogP contribution >= 0.6 is 23.2 Å². The lowest BCUT2D eigenvalue weighted by molar-refractivity contribution is 0.340. The number of rotatable bonds is 10. The number of fused-ring (bicyclic) bond motifs is 1. The molecule has 3 aromatic rings. The van der Waals surface area contributed by atoms with Crippen molar-refractivity contribution in [3.8, 4) is 5.75 Å². The molecule has 0 aliphatic rings. The lowest BCUT2D eigenvalue weighted by Crippen LogP contribution is -2.27. The van der Waals surface area contributed by atoms with Crippen LogP contribution in [0, 0.1) is 6.92 Å². The van der Waals surface area contributed by atoms with Crippen LogP contribution in [0.2, 0.25) is 0 Å². The van der Waals surface area contributed by atoms with Gasteiger partial charge in [0.15, 0.2) is 0 Å². The van der Waals surface area contributed by atoms with E-state index in [0.717, 1.165) is 52.4 Å². The lowest BCUT2D eigenvalue weighted by Gasteiger charge is -2.22. The van der Waals surface area contributed by atoms with Gasteiger partial charge in [-0.15, -0.1) is 23.2 Å². The summed E-state index contributed by atoms with van der Waals surface area (Å²) >= 11 is 11.8. The van der Waals surface area contributed by atoms with Crippen molar-refractivity contribution in [2.45, 2.75) is 13.8 Å². The van der Waals surface area contributed by atoms with Gasteiger partial charge in [0.05, 0.1) is 24.0 Å². The normalized spacial score (nSPS) is 11.2. The predicted octanol–water partition coefficient (Wildman–Crippen LogP) is 5.67. The zero-order valence-electron chi connectivity index (χ0n) is 17.2. The van der Waals surface area contributed by atoms with Crippen molar-refractivity contribution in [1.29, 1.82) is 0 Å². The molecular formula is C23H26Cl2N4O. The molecule has 0 unspecified atom stereocenters. The maximum absolute atomic E-state index is 5.89. The molecule has 2 aromatic carbocycles. The molecule has 0 fully saturated rings. The van der Waals surface area contributed by atoms with Gasteiger partial charge in [0, 0.05) is 47.7 Å². The number of aromatic nitrogens is 1. The van der Waals surface area contributed by atoms with Crippen LogP contribution in [0.3, 0.4) is 0 Å². The fourth-order valence-corrected chi connectivity index (χ4v) is 3.62. The standard InChI is InChI=1S/C23H26Cl2N4O/c1-3-30-20-8-9-21-22(15-20)27-17(2)14-23(21)28-26-16-18-4-6-19(7-5-18)29(12-10-24)13-11-25/h4-9,14-16H,3,10-13H2,1-2H3,(H,27,28)/b26-16+. The highest BCUT2D eigenvalue weighted by molar-refractivity contribution is 6.18. The number of hydrogen-bond donors (Lipinski definition) is 1. The Balaban J connectivity index is 1.74. The number of anilines is 2. The molecule has 1 N–H and O–H groups in total. The van der Waals surface area contributed by atoms with Crippen LogP contribution in [-0.4, -0.2) is 42.7 Å². The SMILES string of the molecule is CCOc1ccc2c(N/N=C/c3ccc(N(CCCl)CCCl)cc3)cc(C)nc2c1. The van der Waals surface area contributed by atoms with Crippen LogP contribution < -0.4 is 15.1 Å². The summed E-state index contributed by atoms with van der Waals surface area (Å²) < 4.78 is 5.58. The van der Waals surface area contributed by atoms with E-state index in [-0.39, 0.29) is 0 Å². The molecule has 0 amide bonds. The second-order valence-electron chi connectivity index (χ2n) is 6.75. The lowest BCUT2D eigenvalue weighted by atomic mass is 10.1. The summed E-state index contributed by atoms with van der Waals surface area (Å²) in [6.07, 6.45) is 1.80. The first-order chi connectivity index (χ1) is 14.6. The summed E-state index contributed by atoms with van der Waals surface area (Å²) in [5, 5.41) is 5.41. The molecule has 0 saturated heterocycles. The molecule has 1 heterocycles. The van der Waals surface area contributed by atoms with Gasteiger partial charge in [-0.1, -0.05) is 12.1 Å². The molecule has 0 atom stereocenters. The minimum atomic E-state index is 0.565. The van der Waals surface area contributed by atoms with Crippen LogP contribution in [0.5, 0.6) is 5.75 Å². The first-order valence-electron chi connectivity index (χ1n) is 9.94. The predicted molar refractivity (Wildman–Crippen MR) is 129 cm³/mol. The summed E-state index contributed by atoms with van der Waals surface area (Å²) in [7, 11) is 0. The molecule has 5 nitrogen and oxygen atoms in total. The molecule has 0 aliphatic heterocycles. The fraction of sp³-hybridized carbons (Fsp3) is 0.304. The Kier molecular flexibility index (Phi) is 8.17. The zero-order chi connectivity index (χ0) is 21.3. The summed E-state index contributed by atoms with van der Waals surface area (Å²) in [5.41, 5.74) is 7.94. The molecular weight excluding hydrogens is 419 g/mol. The van der Waals surface area contributed by atoms with Gasteiger partial charge in [0.2, 0.25) is 0 Å². The second kappa shape index (κ2) is 11.0. The first-order valence-corrected chi connectivity index (χ1v) is 11.0. The average Bonchev–Trinajstić information content (AvgIpc) is 2.74. The van der Waals surface area contributed by atoms with Gasteiger partial charge in [-0.25, -0.2) is 0 Å². The number of halogens is 2. The number of alkyl halides is 2. The van der Waals surface area contributed by atoms with Crippen LogP contribution in [0.4, 0.5) is 11.4 Å². The van der Waals surface area contributed by atoms with Crippen LogP contribution in [-0.2, 0) is 0 Å². The number of nitrogens with zero attached hydrogens (tertiary/aromatic N) is 3. The van der Waals surface area contributed by atoms with E-state index >= 15 is 0 Å². The van der Waals surface area contributed by atoms with Crippen LogP contribution in [0.25, 0.3) is 10.9 Å². The first kappa shape index (κ1) is 22.2. The number of benzene rings is 2. The van der Waals surface area contributed by atoms with Crippen LogP contribution in [0.1, 0.15) is 18.2 Å². The van der Waals surface area contributed by atoms with Crippen molar-refractivity contribution < 1.29 is 4.74 Å². The van der Waals surface area contributed by atoms with Crippen molar-refractivity contribution in [3.05, 3.63) is 59.8 Å². The number of hydrogen-bond acceptors (Lipinski definition) is 5. The summed E-state index contributed by atoms with van der Waals surface area (Å²) in [5.74, 6) is 1.94. The molecule has 158 valence electrons. The van der Waals surface area contributed by atoms with E-state index in [9.17, 15) is 0 Å². The Morgan fingerprint density at radius 2 is 1.80 bits per heavy atom. The van der Waals surface area contributed by atoms with Crippen molar-refractivity contribution in [1.82, 2.24) is 4.98 Å². The third-order valence-corrected chi connectivity index (χ3v) is 4.92. The Morgan fingerprint density at radius 3 is 2.47 bits per heavy atom. The van der Waals surface area contributed by atoms with Gasteiger partial charge in [0.1, 0.15) is 5.75 Å². The molecule has 0 radical (unpaired) electrons. The summed E-state index contributed by atoms with van der Waals surface area (Å²) in [6, 6.07) is 16.1. The van der Waals surface area contributed by atoms with E-state index < -0.39 is 0 Å². The number of ether oxygens (including phenoxy) is 1. The van der Waals surface area contributed by atoms with Gasteiger partial charge in [-0.2, -0.15) is 5.10 Å². The number of hydrazone groups is 1. The highest BCUT2D eigenvalue weighted by Crippen LogP contribution is 2.27. The minimum Gasteiger partial charge on any atom is -0.494 e. The molecule has 0 spiro atoms. The zero-order valence-corrected chi connectivity index (χ0v) is 18.7. The maximum Gasteiger partial charge on any atom is 0.121 e. The highest BCUT2D eigenvalue weighted by atomic mass is 35.5. The molecule has 1 aromatic heterocycles. The van der Waals surface area contributed by atoms with Gasteiger partial charge >= 0.3 is 0 Å². The smallest absolute Gasteiger partial charge is 0.121 e. The van der Waals surface area contributed by atoms with Crippen LogP contribution in [0.15, 0.2) is 53.6 Å². The van der Waals surface area contributed by atoms with E-state index in [4.69, 9.17) is 27.9 Å². The molecule has 0 saturated carbocycles. The van der Waals surface area contributed by atoms with Gasteiger partial charge < -0.3 is 9.64 Å². The molecule has 3 rings (SSSR count). The van der Waals surface area contributed by atoms with E-state index in [1.165, 1.54) is 0 Å². The van der Waals surface area contributed by atoms with Crippen molar-refractivity contribution >= 4 is 51.7 Å². The largest absolute Gasteiger partial charge is 0.494 e. The average molecular weight is 445 g/mol. The Hall–Kier alpha value is -2.50. The fourth-order valence-electron chi connectivity index (χ4n) is 3.21. The van der Waals surface area contributed by atoms with Crippen molar-refractivity contribution in [2.75, 3.05) is 41.8 Å². The van der Waals surface area contributed by atoms with Gasteiger partial charge in [0.25, 0.3) is 0 Å². The number of nitrogens with one attached hydrogen (secondary N) is 1. The third-order valence-electron chi connectivity index (χ3n) is 4.59.